The summed E-state index contributed by atoms with van der Waals surface area (Å²) in [4.78, 5) is 28.7. The van der Waals surface area contributed by atoms with Gasteiger partial charge < -0.3 is 14.9 Å². The second-order valence-electron chi connectivity index (χ2n) is 10.1. The van der Waals surface area contributed by atoms with Crippen molar-refractivity contribution in [3.63, 3.8) is 0 Å². The molecule has 40 heavy (non-hydrogen) atoms. The number of aromatic amines is 1. The molecule has 2 atom stereocenters. The number of rotatable bonds is 5. The number of fused-ring (bicyclic) bond motifs is 1. The van der Waals surface area contributed by atoms with E-state index in [0.29, 0.717) is 12.0 Å². The second-order valence-corrected chi connectivity index (χ2v) is 10.1. The molecule has 2 unspecified atom stereocenters. The van der Waals surface area contributed by atoms with Gasteiger partial charge in [0.2, 0.25) is 0 Å². The molecule has 0 spiro atoms. The quantitative estimate of drug-likeness (QED) is 0.418. The van der Waals surface area contributed by atoms with Gasteiger partial charge in [-0.15, -0.1) is 0 Å². The maximum absolute atomic E-state index is 14.1. The van der Waals surface area contributed by atoms with Crippen molar-refractivity contribution in [1.29, 1.82) is 0 Å². The molecule has 2 amide bonds. The first-order chi connectivity index (χ1) is 18.7. The Balaban J connectivity index is 1.44. The minimum absolute atomic E-state index is 0.00887. The molecule has 13 heteroatoms. The van der Waals surface area contributed by atoms with Crippen LogP contribution in [-0.4, -0.2) is 51.2 Å². The molecule has 2 aliphatic rings. The van der Waals surface area contributed by atoms with Crippen LogP contribution in [-0.2, 0) is 25.3 Å². The number of nitrogens with zero attached hydrogens (tertiary/aromatic N) is 3. The van der Waals surface area contributed by atoms with Crippen molar-refractivity contribution in [1.82, 2.24) is 15.1 Å². The van der Waals surface area contributed by atoms with E-state index < -0.39 is 53.9 Å². The summed E-state index contributed by atoms with van der Waals surface area (Å²) >= 11 is 0. The average molecular weight is 567 g/mol. The van der Waals surface area contributed by atoms with Crippen LogP contribution in [0.15, 0.2) is 42.6 Å². The minimum atomic E-state index is -4.84. The van der Waals surface area contributed by atoms with Crippen LogP contribution in [0.25, 0.3) is 0 Å². The van der Waals surface area contributed by atoms with E-state index in [0.717, 1.165) is 23.2 Å². The van der Waals surface area contributed by atoms with Crippen LogP contribution in [0.5, 0.6) is 0 Å². The molecule has 0 aliphatic carbocycles. The average Bonchev–Trinajstić information content (AvgIpc) is 3.61. The van der Waals surface area contributed by atoms with Gasteiger partial charge in [0.05, 0.1) is 29.5 Å². The van der Waals surface area contributed by atoms with Crippen LogP contribution < -0.4 is 4.90 Å². The number of nitrogens with one attached hydrogen (secondary N) is 1. The molecular formula is C27H24F6N4O3. The van der Waals surface area contributed by atoms with E-state index in [1.165, 1.54) is 11.0 Å². The lowest BCUT2D eigenvalue weighted by molar-refractivity contribution is -0.139. The van der Waals surface area contributed by atoms with Gasteiger partial charge in [-0.2, -0.15) is 31.4 Å². The first-order valence-electron chi connectivity index (χ1n) is 12.5. The smallest absolute Gasteiger partial charge is 0.391 e. The summed E-state index contributed by atoms with van der Waals surface area (Å²) in [5, 5.41) is 15.7. The third-order valence-electron chi connectivity index (χ3n) is 7.32. The van der Waals surface area contributed by atoms with E-state index >= 15 is 0 Å². The van der Waals surface area contributed by atoms with Gasteiger partial charge >= 0.3 is 12.4 Å². The first kappa shape index (κ1) is 27.7. The fraction of sp³-hybridized carbons (Fsp3) is 0.370. The predicted octanol–water partition coefficient (Wildman–Crippen LogP) is 5.16. The third-order valence-corrected chi connectivity index (χ3v) is 7.32. The zero-order valence-corrected chi connectivity index (χ0v) is 21.1. The highest BCUT2D eigenvalue weighted by Gasteiger charge is 2.42. The highest BCUT2D eigenvalue weighted by molar-refractivity contribution is 6.11. The van der Waals surface area contributed by atoms with Crippen LogP contribution in [0.2, 0.25) is 0 Å². The predicted molar refractivity (Wildman–Crippen MR) is 131 cm³/mol. The van der Waals surface area contributed by atoms with E-state index in [9.17, 15) is 41.0 Å². The van der Waals surface area contributed by atoms with Crippen LogP contribution >= 0.6 is 0 Å². The Labute approximate surface area is 224 Å². The molecule has 3 aromatic rings. The minimum Gasteiger partial charge on any atom is -0.391 e. The fourth-order valence-electron chi connectivity index (χ4n) is 5.23. The number of amides is 2. The van der Waals surface area contributed by atoms with Gasteiger partial charge in [0.1, 0.15) is 0 Å². The number of anilines is 1. The maximum Gasteiger partial charge on any atom is 0.419 e. The third kappa shape index (κ3) is 5.17. The van der Waals surface area contributed by atoms with Gasteiger partial charge in [0.15, 0.2) is 0 Å². The standard InChI is InChI=1S/C27H24F6N4O3/c1-14(7-23-22(11-34-35-23)27(31,32)33)15-3-2-4-17(8-15)37-13-20-19(25(37)40)9-16(10-21(20)26(28,29)30)24(39)36-6-5-18(38)12-36/h2-4,8-11,14,18,38H,5-7,12-13H2,1H3,(H,34,35). The monoisotopic (exact) mass is 566 g/mol. The van der Waals surface area contributed by atoms with Crippen molar-refractivity contribution >= 4 is 17.5 Å². The maximum atomic E-state index is 14.1. The van der Waals surface area contributed by atoms with Crippen LogP contribution in [0, 0.1) is 0 Å². The summed E-state index contributed by atoms with van der Waals surface area (Å²) in [6.07, 6.45) is -9.16. The van der Waals surface area contributed by atoms with E-state index in [4.69, 9.17) is 0 Å². The highest BCUT2D eigenvalue weighted by Crippen LogP contribution is 2.40. The molecule has 2 aromatic carbocycles. The summed E-state index contributed by atoms with van der Waals surface area (Å²) in [5.41, 5.74) is -2.11. The van der Waals surface area contributed by atoms with E-state index in [2.05, 4.69) is 10.2 Å². The Morgan fingerprint density at radius 2 is 1.85 bits per heavy atom. The zero-order valence-electron chi connectivity index (χ0n) is 21.1. The van der Waals surface area contributed by atoms with Crippen molar-refractivity contribution in [2.24, 2.45) is 0 Å². The summed E-state index contributed by atoms with van der Waals surface area (Å²) in [6, 6.07) is 8.21. The van der Waals surface area contributed by atoms with E-state index in [1.54, 1.807) is 25.1 Å². The van der Waals surface area contributed by atoms with E-state index in [1.807, 2.05) is 0 Å². The Bertz CT molecular complexity index is 1470. The Hall–Kier alpha value is -3.87. The van der Waals surface area contributed by atoms with Crippen LogP contribution in [0.4, 0.5) is 32.0 Å². The molecule has 2 aliphatic heterocycles. The normalized spacial score (nSPS) is 18.4. The first-order valence-corrected chi connectivity index (χ1v) is 12.5. The number of likely N-dealkylation sites (tertiary alicyclic amines) is 1. The molecule has 3 heterocycles. The largest absolute Gasteiger partial charge is 0.419 e. The number of benzene rings is 2. The zero-order chi connectivity index (χ0) is 29.0. The summed E-state index contributed by atoms with van der Waals surface area (Å²) in [6.45, 7) is 1.47. The van der Waals surface area contributed by atoms with Gasteiger partial charge in [0, 0.05) is 36.1 Å². The number of aliphatic hydroxyl groups is 1. The Kier molecular flexibility index (Phi) is 6.89. The molecule has 7 nitrogen and oxygen atoms in total. The Morgan fingerprint density at radius 3 is 2.50 bits per heavy atom. The highest BCUT2D eigenvalue weighted by atomic mass is 19.4. The number of alkyl halides is 6. The van der Waals surface area contributed by atoms with Crippen molar-refractivity contribution in [3.05, 3.63) is 81.7 Å². The SMILES string of the molecule is CC(Cc1n[nH]cc1C(F)(F)F)c1cccc(N2Cc3c(cc(C(=O)N4CCC(O)C4)cc3C(F)(F)F)C2=O)c1. The Morgan fingerprint density at radius 1 is 1.12 bits per heavy atom. The molecule has 1 saturated heterocycles. The number of aromatic nitrogens is 2. The molecule has 5 rings (SSSR count). The summed E-state index contributed by atoms with van der Waals surface area (Å²) in [7, 11) is 0. The van der Waals surface area contributed by atoms with Crippen LogP contribution in [0.1, 0.15) is 67.9 Å². The number of carbonyl (C=O) groups is 2. The molecular weight excluding hydrogens is 542 g/mol. The van der Waals surface area contributed by atoms with Crippen molar-refractivity contribution in [3.8, 4) is 0 Å². The van der Waals surface area contributed by atoms with Gasteiger partial charge in [-0.05, 0) is 54.2 Å². The van der Waals surface area contributed by atoms with E-state index in [-0.39, 0.29) is 47.6 Å². The van der Waals surface area contributed by atoms with Crippen LogP contribution in [0.3, 0.4) is 0 Å². The number of halogens is 6. The van der Waals surface area contributed by atoms with Gasteiger partial charge in [-0.3, -0.25) is 14.7 Å². The molecule has 0 radical (unpaired) electrons. The van der Waals surface area contributed by atoms with Gasteiger partial charge in [-0.1, -0.05) is 19.1 Å². The molecule has 0 saturated carbocycles. The molecule has 212 valence electrons. The molecule has 1 aromatic heterocycles. The topological polar surface area (TPSA) is 89.5 Å². The second kappa shape index (κ2) is 9.95. The number of hydrogen-bond donors (Lipinski definition) is 2. The molecule has 2 N–H and O–H groups in total. The number of aliphatic hydroxyl groups excluding tert-OH is 1. The number of carbonyl (C=O) groups excluding carboxylic acids is 2. The lowest BCUT2D eigenvalue weighted by Crippen LogP contribution is -2.30. The lowest BCUT2D eigenvalue weighted by atomic mass is 9.94. The van der Waals surface area contributed by atoms with Crippen molar-refractivity contribution in [2.45, 2.75) is 50.7 Å². The van der Waals surface area contributed by atoms with Crippen molar-refractivity contribution < 1.29 is 41.0 Å². The van der Waals surface area contributed by atoms with Gasteiger partial charge in [-0.25, -0.2) is 0 Å². The lowest BCUT2D eigenvalue weighted by Gasteiger charge is -2.19. The molecule has 0 bridgehead atoms. The number of hydrogen-bond acceptors (Lipinski definition) is 4. The molecule has 1 fully saturated rings. The number of H-pyrrole nitrogens is 1. The summed E-state index contributed by atoms with van der Waals surface area (Å²) in [5.74, 6) is -1.90. The van der Waals surface area contributed by atoms with Crippen molar-refractivity contribution in [2.75, 3.05) is 18.0 Å². The summed E-state index contributed by atoms with van der Waals surface area (Å²) < 4.78 is 82.0. The fourth-order valence-corrected chi connectivity index (χ4v) is 5.23. The number of β-amino-alcohol motifs (C(OH)–C–C–N with tert-alkyl or cyclic N) is 1. The van der Waals surface area contributed by atoms with Gasteiger partial charge in [0.25, 0.3) is 11.8 Å².